The Labute approximate surface area is 135 Å². The van der Waals surface area contributed by atoms with Crippen LogP contribution < -0.4 is 16.0 Å². The quantitative estimate of drug-likeness (QED) is 0.795. The third-order valence-electron chi connectivity index (χ3n) is 3.93. The van der Waals surface area contributed by atoms with Crippen molar-refractivity contribution in [2.75, 3.05) is 7.05 Å². The maximum Gasteiger partial charge on any atom is 0.314 e. The molecule has 3 N–H and O–H groups in total. The molecule has 5 nitrogen and oxygen atoms in total. The molecule has 0 unspecified atom stereocenters. The highest BCUT2D eigenvalue weighted by molar-refractivity contribution is 6.30. The van der Waals surface area contributed by atoms with Gasteiger partial charge in [0.25, 0.3) is 0 Å². The predicted molar refractivity (Wildman–Crippen MR) is 86.9 cm³/mol. The van der Waals surface area contributed by atoms with Crippen LogP contribution in [-0.2, 0) is 11.2 Å². The van der Waals surface area contributed by atoms with Crippen LogP contribution in [0.2, 0.25) is 5.02 Å². The molecule has 0 spiro atoms. The second-order valence-corrected chi connectivity index (χ2v) is 6.08. The number of benzene rings is 1. The van der Waals surface area contributed by atoms with Crippen molar-refractivity contribution in [3.8, 4) is 0 Å². The summed E-state index contributed by atoms with van der Waals surface area (Å²) in [5, 5.41) is 9.21. The molecule has 0 heterocycles. The second-order valence-electron chi connectivity index (χ2n) is 5.64. The standard InChI is InChI=1S/C16H22ClN3O2/c1-18-16(22)20-14-8-6-13(7-9-14)19-15(21)10-11-2-4-12(17)5-3-11/h2-5,13-14H,6-10H2,1H3,(H,19,21)(H2,18,20,22). The van der Waals surface area contributed by atoms with Gasteiger partial charge in [-0.05, 0) is 43.4 Å². The minimum absolute atomic E-state index is 0.0324. The van der Waals surface area contributed by atoms with E-state index < -0.39 is 0 Å². The summed E-state index contributed by atoms with van der Waals surface area (Å²) in [6.45, 7) is 0. The molecular weight excluding hydrogens is 302 g/mol. The van der Waals surface area contributed by atoms with Crippen LogP contribution in [0.15, 0.2) is 24.3 Å². The molecule has 0 atom stereocenters. The van der Waals surface area contributed by atoms with Crippen molar-refractivity contribution >= 4 is 23.5 Å². The molecule has 1 aromatic rings. The number of halogens is 1. The van der Waals surface area contributed by atoms with Crippen LogP contribution in [0.25, 0.3) is 0 Å². The molecule has 1 aliphatic rings. The molecule has 1 aliphatic carbocycles. The lowest BCUT2D eigenvalue weighted by molar-refractivity contribution is -0.121. The zero-order chi connectivity index (χ0) is 15.9. The van der Waals surface area contributed by atoms with Crippen LogP contribution in [0.1, 0.15) is 31.2 Å². The lowest BCUT2D eigenvalue weighted by Gasteiger charge is -2.29. The van der Waals surface area contributed by atoms with Crippen LogP contribution in [0.5, 0.6) is 0 Å². The van der Waals surface area contributed by atoms with Crippen LogP contribution in [0.4, 0.5) is 4.79 Å². The summed E-state index contributed by atoms with van der Waals surface area (Å²) < 4.78 is 0. The maximum absolute atomic E-state index is 12.0. The summed E-state index contributed by atoms with van der Waals surface area (Å²) in [6, 6.07) is 7.57. The first kappa shape index (κ1) is 16.6. The molecular formula is C16H22ClN3O2. The Balaban J connectivity index is 1.72. The van der Waals surface area contributed by atoms with Crippen LogP contribution in [0.3, 0.4) is 0 Å². The van der Waals surface area contributed by atoms with Gasteiger partial charge in [-0.25, -0.2) is 4.79 Å². The van der Waals surface area contributed by atoms with E-state index in [0.29, 0.717) is 11.4 Å². The van der Waals surface area contributed by atoms with Gasteiger partial charge >= 0.3 is 6.03 Å². The van der Waals surface area contributed by atoms with Crippen molar-refractivity contribution in [2.45, 2.75) is 44.2 Å². The van der Waals surface area contributed by atoms with E-state index in [2.05, 4.69) is 16.0 Å². The number of rotatable bonds is 4. The molecule has 2 rings (SSSR count). The number of hydrogen-bond acceptors (Lipinski definition) is 2. The number of carbonyl (C=O) groups excluding carboxylic acids is 2. The average Bonchev–Trinajstić information content (AvgIpc) is 2.51. The van der Waals surface area contributed by atoms with Crippen LogP contribution >= 0.6 is 11.6 Å². The Morgan fingerprint density at radius 3 is 2.14 bits per heavy atom. The van der Waals surface area contributed by atoms with E-state index in [4.69, 9.17) is 11.6 Å². The Hall–Kier alpha value is -1.75. The minimum atomic E-state index is -0.143. The van der Waals surface area contributed by atoms with Crippen LogP contribution in [-0.4, -0.2) is 31.1 Å². The van der Waals surface area contributed by atoms with Gasteiger partial charge in [-0.3, -0.25) is 4.79 Å². The number of carbonyl (C=O) groups is 2. The Morgan fingerprint density at radius 2 is 1.59 bits per heavy atom. The number of urea groups is 1. The Kier molecular flexibility index (Phi) is 6.07. The first-order valence-corrected chi connectivity index (χ1v) is 7.96. The van der Waals surface area contributed by atoms with Crippen molar-refractivity contribution in [1.82, 2.24) is 16.0 Å². The second kappa shape index (κ2) is 8.03. The van der Waals surface area contributed by atoms with Crippen molar-refractivity contribution in [3.05, 3.63) is 34.9 Å². The summed E-state index contributed by atoms with van der Waals surface area (Å²) in [7, 11) is 1.61. The zero-order valence-corrected chi connectivity index (χ0v) is 13.5. The molecule has 120 valence electrons. The number of amides is 3. The predicted octanol–water partition coefficient (Wildman–Crippen LogP) is 2.24. The highest BCUT2D eigenvalue weighted by atomic mass is 35.5. The third kappa shape index (κ3) is 5.22. The topological polar surface area (TPSA) is 70.2 Å². The highest BCUT2D eigenvalue weighted by Crippen LogP contribution is 2.19. The fourth-order valence-corrected chi connectivity index (χ4v) is 2.83. The van der Waals surface area contributed by atoms with Gasteiger partial charge in [0.15, 0.2) is 0 Å². The summed E-state index contributed by atoms with van der Waals surface area (Å²) in [5.41, 5.74) is 0.955. The number of hydrogen-bond donors (Lipinski definition) is 3. The van der Waals surface area contributed by atoms with Gasteiger partial charge < -0.3 is 16.0 Å². The third-order valence-corrected chi connectivity index (χ3v) is 4.18. The lowest BCUT2D eigenvalue weighted by atomic mass is 9.91. The van der Waals surface area contributed by atoms with Gasteiger partial charge in [0, 0.05) is 24.2 Å². The van der Waals surface area contributed by atoms with E-state index in [0.717, 1.165) is 31.2 Å². The first-order chi connectivity index (χ1) is 10.6. The monoisotopic (exact) mass is 323 g/mol. The van der Waals surface area contributed by atoms with Gasteiger partial charge in [-0.15, -0.1) is 0 Å². The summed E-state index contributed by atoms with van der Waals surface area (Å²) in [5.74, 6) is 0.0324. The van der Waals surface area contributed by atoms with Gasteiger partial charge in [-0.2, -0.15) is 0 Å². The summed E-state index contributed by atoms with van der Waals surface area (Å²) in [6.07, 6.45) is 3.92. The van der Waals surface area contributed by atoms with Crippen molar-refractivity contribution < 1.29 is 9.59 Å². The van der Waals surface area contributed by atoms with Crippen molar-refractivity contribution in [1.29, 1.82) is 0 Å². The van der Waals surface area contributed by atoms with Gasteiger partial charge in [-0.1, -0.05) is 23.7 Å². The van der Waals surface area contributed by atoms with E-state index in [1.165, 1.54) is 0 Å². The SMILES string of the molecule is CNC(=O)NC1CCC(NC(=O)Cc2ccc(Cl)cc2)CC1. The Bertz CT molecular complexity index is 511. The Morgan fingerprint density at radius 1 is 1.05 bits per heavy atom. The van der Waals surface area contributed by atoms with E-state index in [9.17, 15) is 9.59 Å². The summed E-state index contributed by atoms with van der Waals surface area (Å²) in [4.78, 5) is 23.3. The molecule has 6 heteroatoms. The smallest absolute Gasteiger partial charge is 0.314 e. The van der Waals surface area contributed by atoms with E-state index in [-0.39, 0.29) is 24.0 Å². The van der Waals surface area contributed by atoms with Crippen LogP contribution in [0, 0.1) is 0 Å². The average molecular weight is 324 g/mol. The molecule has 0 radical (unpaired) electrons. The van der Waals surface area contributed by atoms with Gasteiger partial charge in [0.1, 0.15) is 0 Å². The molecule has 0 aliphatic heterocycles. The normalized spacial score (nSPS) is 21.0. The zero-order valence-electron chi connectivity index (χ0n) is 12.7. The van der Waals surface area contributed by atoms with Crippen molar-refractivity contribution in [2.24, 2.45) is 0 Å². The largest absolute Gasteiger partial charge is 0.353 e. The number of nitrogens with one attached hydrogen (secondary N) is 3. The minimum Gasteiger partial charge on any atom is -0.353 e. The molecule has 0 saturated heterocycles. The van der Waals surface area contributed by atoms with E-state index in [1.54, 1.807) is 19.2 Å². The van der Waals surface area contributed by atoms with Gasteiger partial charge in [0.2, 0.25) is 5.91 Å². The fourth-order valence-electron chi connectivity index (χ4n) is 2.71. The molecule has 22 heavy (non-hydrogen) atoms. The van der Waals surface area contributed by atoms with E-state index >= 15 is 0 Å². The summed E-state index contributed by atoms with van der Waals surface area (Å²) >= 11 is 5.83. The first-order valence-electron chi connectivity index (χ1n) is 7.59. The highest BCUT2D eigenvalue weighted by Gasteiger charge is 2.23. The van der Waals surface area contributed by atoms with E-state index in [1.807, 2.05) is 12.1 Å². The molecule has 1 aromatic carbocycles. The molecule has 3 amide bonds. The maximum atomic E-state index is 12.0. The molecule has 1 fully saturated rings. The van der Waals surface area contributed by atoms with Gasteiger partial charge in [0.05, 0.1) is 6.42 Å². The lowest BCUT2D eigenvalue weighted by Crippen LogP contribution is -2.46. The van der Waals surface area contributed by atoms with Crippen molar-refractivity contribution in [3.63, 3.8) is 0 Å². The molecule has 0 aromatic heterocycles. The molecule has 1 saturated carbocycles. The molecule has 0 bridgehead atoms. The fraction of sp³-hybridized carbons (Fsp3) is 0.500.